The van der Waals surface area contributed by atoms with Gasteiger partial charge in [-0.3, -0.25) is 4.90 Å². The Morgan fingerprint density at radius 1 is 1.50 bits per heavy atom. The number of nitrogens with zero attached hydrogens (tertiary/aromatic N) is 1. The van der Waals surface area contributed by atoms with E-state index >= 15 is 0 Å². The lowest BCUT2D eigenvalue weighted by Crippen LogP contribution is -2.36. The summed E-state index contributed by atoms with van der Waals surface area (Å²) in [5.41, 5.74) is 1.29. The summed E-state index contributed by atoms with van der Waals surface area (Å²) in [5, 5.41) is 4.07. The molecular formula is C13H19BrCl2N2. The van der Waals surface area contributed by atoms with E-state index in [-0.39, 0.29) is 12.4 Å². The SMILES string of the molecule is CNCC1CCCN1Cc1ccc(Br)c(Cl)c1.Cl. The van der Waals surface area contributed by atoms with Crippen LogP contribution in [0.1, 0.15) is 18.4 Å². The number of hydrogen-bond acceptors (Lipinski definition) is 2. The van der Waals surface area contributed by atoms with Gasteiger partial charge in [0.05, 0.1) is 5.02 Å². The summed E-state index contributed by atoms with van der Waals surface area (Å²) in [6.45, 7) is 3.27. The lowest BCUT2D eigenvalue weighted by molar-refractivity contribution is 0.242. The second-order valence-corrected chi connectivity index (χ2v) is 5.83. The van der Waals surface area contributed by atoms with Crippen molar-refractivity contribution in [1.29, 1.82) is 0 Å². The van der Waals surface area contributed by atoms with Gasteiger partial charge in [0.15, 0.2) is 0 Å². The van der Waals surface area contributed by atoms with Gasteiger partial charge in [-0.2, -0.15) is 0 Å². The van der Waals surface area contributed by atoms with Crippen LogP contribution in [0.15, 0.2) is 22.7 Å². The van der Waals surface area contributed by atoms with Gasteiger partial charge in [-0.15, -0.1) is 12.4 Å². The molecule has 1 aromatic carbocycles. The molecule has 1 aromatic rings. The second kappa shape index (κ2) is 7.71. The van der Waals surface area contributed by atoms with Gasteiger partial charge in [0.1, 0.15) is 0 Å². The monoisotopic (exact) mass is 352 g/mol. The third-order valence-electron chi connectivity index (χ3n) is 3.31. The van der Waals surface area contributed by atoms with Crippen LogP contribution in [0.3, 0.4) is 0 Å². The molecule has 1 aliphatic rings. The minimum atomic E-state index is 0. The van der Waals surface area contributed by atoms with E-state index in [0.717, 1.165) is 22.6 Å². The largest absolute Gasteiger partial charge is 0.318 e. The van der Waals surface area contributed by atoms with Gasteiger partial charge in [0.2, 0.25) is 0 Å². The van der Waals surface area contributed by atoms with E-state index in [1.54, 1.807) is 0 Å². The predicted molar refractivity (Wildman–Crippen MR) is 83.8 cm³/mol. The van der Waals surface area contributed by atoms with Gasteiger partial charge >= 0.3 is 0 Å². The molecule has 1 aliphatic heterocycles. The van der Waals surface area contributed by atoms with Gasteiger partial charge in [-0.1, -0.05) is 17.7 Å². The number of rotatable bonds is 4. The highest BCUT2D eigenvalue weighted by Gasteiger charge is 2.23. The van der Waals surface area contributed by atoms with E-state index in [4.69, 9.17) is 11.6 Å². The summed E-state index contributed by atoms with van der Waals surface area (Å²) in [6.07, 6.45) is 2.60. The first kappa shape index (κ1) is 16.3. The average molecular weight is 354 g/mol. The van der Waals surface area contributed by atoms with Crippen LogP contribution in [0.2, 0.25) is 5.02 Å². The van der Waals surface area contributed by atoms with Crippen LogP contribution in [-0.2, 0) is 6.54 Å². The lowest BCUT2D eigenvalue weighted by Gasteiger charge is -2.24. The van der Waals surface area contributed by atoms with Crippen LogP contribution >= 0.6 is 39.9 Å². The fraction of sp³-hybridized carbons (Fsp3) is 0.538. The molecule has 1 N–H and O–H groups in total. The van der Waals surface area contributed by atoms with E-state index < -0.39 is 0 Å². The van der Waals surface area contributed by atoms with E-state index in [1.165, 1.54) is 24.9 Å². The molecule has 1 atom stereocenters. The Hall–Kier alpha value is 0.200. The number of halogens is 3. The molecule has 5 heteroatoms. The zero-order valence-corrected chi connectivity index (χ0v) is 13.6. The topological polar surface area (TPSA) is 15.3 Å². The predicted octanol–water partition coefficient (Wildman–Crippen LogP) is 3.71. The third kappa shape index (κ3) is 4.10. The molecule has 1 heterocycles. The van der Waals surface area contributed by atoms with Gasteiger partial charge in [-0.25, -0.2) is 0 Å². The molecule has 18 heavy (non-hydrogen) atoms. The van der Waals surface area contributed by atoms with Crippen LogP contribution < -0.4 is 5.32 Å². The summed E-state index contributed by atoms with van der Waals surface area (Å²) in [5.74, 6) is 0. The Morgan fingerprint density at radius 2 is 2.28 bits per heavy atom. The van der Waals surface area contributed by atoms with Crippen LogP contribution in [0.5, 0.6) is 0 Å². The fourth-order valence-electron chi connectivity index (χ4n) is 2.44. The third-order valence-corrected chi connectivity index (χ3v) is 4.54. The molecule has 102 valence electrons. The second-order valence-electron chi connectivity index (χ2n) is 4.57. The lowest BCUT2D eigenvalue weighted by atomic mass is 10.2. The molecule has 1 saturated heterocycles. The first-order valence-corrected chi connectivity index (χ1v) is 7.20. The summed E-state index contributed by atoms with van der Waals surface area (Å²) in [7, 11) is 2.02. The normalized spacial score (nSPS) is 19.8. The van der Waals surface area contributed by atoms with Crippen molar-refractivity contribution in [3.63, 3.8) is 0 Å². The Labute approximate surface area is 129 Å². The van der Waals surface area contributed by atoms with Crippen LogP contribution in [0.4, 0.5) is 0 Å². The van der Waals surface area contributed by atoms with Gasteiger partial charge in [0.25, 0.3) is 0 Å². The number of hydrogen-bond donors (Lipinski definition) is 1. The van der Waals surface area contributed by atoms with E-state index in [2.05, 4.69) is 38.3 Å². The molecule has 1 fully saturated rings. The average Bonchev–Trinajstić information content (AvgIpc) is 2.72. The highest BCUT2D eigenvalue weighted by atomic mass is 79.9. The van der Waals surface area contributed by atoms with Crippen molar-refractivity contribution in [2.24, 2.45) is 0 Å². The summed E-state index contributed by atoms with van der Waals surface area (Å²) in [6, 6.07) is 6.90. The number of nitrogens with one attached hydrogen (secondary N) is 1. The summed E-state index contributed by atoms with van der Waals surface area (Å²) >= 11 is 9.54. The molecule has 0 aromatic heterocycles. The standard InChI is InChI=1S/C13H18BrClN2.ClH/c1-16-8-11-3-2-6-17(11)9-10-4-5-12(14)13(15)7-10;/h4-5,7,11,16H,2-3,6,8-9H2,1H3;1H. The van der Waals surface area contributed by atoms with Crippen molar-refractivity contribution >= 4 is 39.9 Å². The maximum Gasteiger partial charge on any atom is 0.0551 e. The summed E-state index contributed by atoms with van der Waals surface area (Å²) < 4.78 is 0.969. The molecule has 2 nitrogen and oxygen atoms in total. The maximum atomic E-state index is 6.12. The van der Waals surface area contributed by atoms with Crippen molar-refractivity contribution in [3.8, 4) is 0 Å². The van der Waals surface area contributed by atoms with Crippen molar-refractivity contribution < 1.29 is 0 Å². The van der Waals surface area contributed by atoms with Crippen molar-refractivity contribution in [2.45, 2.75) is 25.4 Å². The smallest absolute Gasteiger partial charge is 0.0551 e. The van der Waals surface area contributed by atoms with Crippen LogP contribution in [0, 0.1) is 0 Å². The number of likely N-dealkylation sites (tertiary alicyclic amines) is 1. The highest BCUT2D eigenvalue weighted by molar-refractivity contribution is 9.10. The minimum Gasteiger partial charge on any atom is -0.318 e. The van der Waals surface area contributed by atoms with Crippen LogP contribution in [-0.4, -0.2) is 31.1 Å². The van der Waals surface area contributed by atoms with E-state index in [9.17, 15) is 0 Å². The van der Waals surface area contributed by atoms with Crippen molar-refractivity contribution in [2.75, 3.05) is 20.1 Å². The molecule has 0 aliphatic carbocycles. The molecule has 0 amide bonds. The Balaban J connectivity index is 0.00000162. The van der Waals surface area contributed by atoms with Gasteiger partial charge in [-0.05, 0) is 60.1 Å². The molecule has 0 radical (unpaired) electrons. The highest BCUT2D eigenvalue weighted by Crippen LogP contribution is 2.25. The summed E-state index contributed by atoms with van der Waals surface area (Å²) in [4.78, 5) is 2.54. The molecule has 0 bridgehead atoms. The zero-order chi connectivity index (χ0) is 12.3. The van der Waals surface area contributed by atoms with Gasteiger partial charge in [0, 0.05) is 23.6 Å². The Bertz CT molecular complexity index is 387. The van der Waals surface area contributed by atoms with E-state index in [1.807, 2.05) is 13.1 Å². The minimum absolute atomic E-state index is 0. The van der Waals surface area contributed by atoms with Crippen molar-refractivity contribution in [3.05, 3.63) is 33.3 Å². The van der Waals surface area contributed by atoms with Crippen molar-refractivity contribution in [1.82, 2.24) is 10.2 Å². The Kier molecular flexibility index (Phi) is 6.96. The van der Waals surface area contributed by atoms with E-state index in [0.29, 0.717) is 6.04 Å². The fourth-order valence-corrected chi connectivity index (χ4v) is 2.89. The van der Waals surface area contributed by atoms with Crippen LogP contribution in [0.25, 0.3) is 0 Å². The number of benzene rings is 1. The number of likely N-dealkylation sites (N-methyl/N-ethyl adjacent to an activating group) is 1. The molecule has 2 rings (SSSR count). The molecule has 0 spiro atoms. The quantitative estimate of drug-likeness (QED) is 0.887. The first-order valence-electron chi connectivity index (χ1n) is 6.03. The molecule has 0 saturated carbocycles. The van der Waals surface area contributed by atoms with Gasteiger partial charge < -0.3 is 5.32 Å². The maximum absolute atomic E-state index is 6.12. The zero-order valence-electron chi connectivity index (χ0n) is 10.5. The first-order chi connectivity index (χ1) is 8.20. The Morgan fingerprint density at radius 3 is 2.94 bits per heavy atom. The molecular weight excluding hydrogens is 335 g/mol. The molecule has 1 unspecified atom stereocenters.